The molecule has 27 aromatic rings. The Labute approximate surface area is 830 Å². The summed E-state index contributed by atoms with van der Waals surface area (Å²) in [5.41, 5.74) is 45.6. The van der Waals surface area contributed by atoms with Crippen LogP contribution in [0.5, 0.6) is 0 Å². The zero-order valence-electron chi connectivity index (χ0n) is 81.0. The zero-order chi connectivity index (χ0) is 95.5. The number of hydrogen-bond donors (Lipinski definition) is 0. The maximum absolute atomic E-state index is 4.67. The summed E-state index contributed by atoms with van der Waals surface area (Å²) in [6, 6.07) is 156. The molecule has 0 atom stereocenters. The van der Waals surface area contributed by atoms with E-state index < -0.39 is 0 Å². The van der Waals surface area contributed by atoms with E-state index in [1.54, 1.807) is 0 Å². The Morgan fingerprint density at radius 2 is 0.427 bits per heavy atom. The molecule has 0 N–H and O–H groups in total. The second kappa shape index (κ2) is 32.3. The standard InChI is InChI=1S/C29H18.C26H22.C25H16.C23H14N2.C21H14.C17H12/c1-17-13-14-24-28-16-26-22-10-5-3-8-20(22)19-7-2-4-9-21(19)25(26)15-27(28)23-12-6-11-18(17)29(23)24;1-17-11-13-22-23-14-12-19(16-25(23)26(2,3)24(22)15-17)21-10-6-8-18-7-4-5-9-20(18)21;1-15-13-14-22-23-16(15)11-6-12-21(23)24-19-9-4-2-7-17(19)18-8-3-5-10-20(18)25(22)24;1-13-9-10-16-19-14(13)5-2-6-15(19)20-17-7-3-11-24-22(17)23-18(21(16)20)8-4-12-25-23;1-13-9-10-18-20-12-15-6-3-2-5-14(15)11-19(20)17-8-4-7-16(13)21(17)18;1-11-9-10-16-14-6-3-2-5-13(14)15-8-4-7-12(11)17(15)16/h2-16H,1H3;4-16H,1-3H3;2-14H,1H3;2-12H,1H3;2-12H,1H3;2-10H,1H3. The average molecular weight is 1820 g/mol. The lowest BCUT2D eigenvalue weighted by Crippen LogP contribution is -2.15. The van der Waals surface area contributed by atoms with Crippen LogP contribution < -0.4 is 0 Å². The van der Waals surface area contributed by atoms with Crippen LogP contribution in [0.2, 0.25) is 0 Å². The van der Waals surface area contributed by atoms with Crippen molar-refractivity contribution >= 4 is 151 Å². The third-order valence-electron chi connectivity index (χ3n) is 32.3. The number of fused-ring (bicyclic) bond motifs is 36. The lowest BCUT2D eigenvalue weighted by Gasteiger charge is -2.22. The molecular formula is C141H96N2. The first-order chi connectivity index (χ1) is 70.2. The first-order valence-corrected chi connectivity index (χ1v) is 50.2. The van der Waals surface area contributed by atoms with Crippen molar-refractivity contribution in [1.29, 1.82) is 0 Å². The summed E-state index contributed by atoms with van der Waals surface area (Å²) in [7, 11) is 0. The van der Waals surface area contributed by atoms with Crippen molar-refractivity contribution in [2.24, 2.45) is 0 Å². The Morgan fingerprint density at radius 1 is 0.161 bits per heavy atom. The average Bonchev–Trinajstić information content (AvgIpc) is 1.56. The van der Waals surface area contributed by atoms with E-state index in [9.17, 15) is 0 Å². The predicted molar refractivity (Wildman–Crippen MR) is 613 cm³/mol. The van der Waals surface area contributed by atoms with Crippen LogP contribution in [0.25, 0.3) is 285 Å². The van der Waals surface area contributed by atoms with Gasteiger partial charge in [0.15, 0.2) is 0 Å². The molecule has 6 aliphatic rings. The largest absolute Gasteiger partial charge is 0.254 e. The van der Waals surface area contributed by atoms with E-state index in [4.69, 9.17) is 0 Å². The maximum Gasteiger partial charge on any atom is 0.0971 e. The molecule has 0 unspecified atom stereocenters. The van der Waals surface area contributed by atoms with Crippen LogP contribution in [0.1, 0.15) is 58.4 Å². The molecule has 670 valence electrons. The molecule has 0 fully saturated rings. The van der Waals surface area contributed by atoms with Gasteiger partial charge in [-0.15, -0.1) is 0 Å². The van der Waals surface area contributed by atoms with E-state index in [1.807, 2.05) is 24.5 Å². The number of benzene rings is 25. The summed E-state index contributed by atoms with van der Waals surface area (Å²) in [5.74, 6) is 0. The van der Waals surface area contributed by atoms with Gasteiger partial charge < -0.3 is 0 Å². The maximum atomic E-state index is 4.67. The smallest absolute Gasteiger partial charge is 0.0971 e. The molecule has 0 saturated carbocycles. The quantitative estimate of drug-likeness (QED) is 0.153. The van der Waals surface area contributed by atoms with Gasteiger partial charge in [0.1, 0.15) is 0 Å². The molecule has 6 aliphatic carbocycles. The van der Waals surface area contributed by atoms with Gasteiger partial charge in [0, 0.05) is 39.7 Å². The van der Waals surface area contributed by atoms with Crippen molar-refractivity contribution in [1.82, 2.24) is 9.97 Å². The fraction of sp³-hybridized carbons (Fsp3) is 0.0638. The number of aromatic nitrogens is 2. The zero-order valence-corrected chi connectivity index (χ0v) is 81.0. The molecule has 2 aromatic heterocycles. The number of aryl methyl sites for hydroxylation is 6. The second-order valence-electron chi connectivity index (χ2n) is 40.5. The summed E-state index contributed by atoms with van der Waals surface area (Å²) < 4.78 is 0. The third kappa shape index (κ3) is 12.6. The van der Waals surface area contributed by atoms with Crippen LogP contribution in [-0.4, -0.2) is 9.97 Å². The van der Waals surface area contributed by atoms with Gasteiger partial charge in [-0.25, -0.2) is 0 Å². The van der Waals surface area contributed by atoms with Gasteiger partial charge in [0.2, 0.25) is 0 Å². The van der Waals surface area contributed by atoms with Gasteiger partial charge in [-0.05, 0) is 375 Å². The highest BCUT2D eigenvalue weighted by Crippen LogP contribution is 2.59. The highest BCUT2D eigenvalue weighted by Gasteiger charge is 2.37. The van der Waals surface area contributed by atoms with E-state index in [0.29, 0.717) is 0 Å². The molecular weight excluding hydrogens is 1720 g/mol. The Balaban J connectivity index is 0.0000000842. The predicted octanol–water partition coefficient (Wildman–Crippen LogP) is 39.1. The van der Waals surface area contributed by atoms with E-state index in [2.05, 4.69) is 478 Å². The Morgan fingerprint density at radius 3 is 0.867 bits per heavy atom. The molecule has 0 spiro atoms. The minimum absolute atomic E-state index is 0.0390. The van der Waals surface area contributed by atoms with Crippen molar-refractivity contribution in [2.45, 2.75) is 60.8 Å². The summed E-state index contributed by atoms with van der Waals surface area (Å²) in [5, 5.41) is 34.9. The topological polar surface area (TPSA) is 25.8 Å². The van der Waals surface area contributed by atoms with Gasteiger partial charge in [0.05, 0.1) is 11.0 Å². The lowest BCUT2D eigenvalue weighted by atomic mass is 9.81. The lowest BCUT2D eigenvalue weighted by molar-refractivity contribution is 0.660. The van der Waals surface area contributed by atoms with Crippen molar-refractivity contribution in [3.63, 3.8) is 0 Å². The molecule has 25 aromatic carbocycles. The van der Waals surface area contributed by atoms with Crippen LogP contribution in [0.4, 0.5) is 0 Å². The highest BCUT2D eigenvalue weighted by molar-refractivity contribution is 6.34. The summed E-state index contributed by atoms with van der Waals surface area (Å²) >= 11 is 0. The minimum Gasteiger partial charge on any atom is -0.254 e. The molecule has 2 heterocycles. The fourth-order valence-electron chi connectivity index (χ4n) is 25.6. The number of hydrogen-bond acceptors (Lipinski definition) is 2. The molecule has 0 radical (unpaired) electrons. The fourth-order valence-corrected chi connectivity index (χ4v) is 25.6. The monoisotopic (exact) mass is 1820 g/mol. The number of rotatable bonds is 1. The van der Waals surface area contributed by atoms with Crippen LogP contribution in [0.15, 0.2) is 437 Å². The van der Waals surface area contributed by atoms with Gasteiger partial charge in [0.25, 0.3) is 0 Å². The first-order valence-electron chi connectivity index (χ1n) is 50.2. The van der Waals surface area contributed by atoms with Gasteiger partial charge in [-0.1, -0.05) is 402 Å². The van der Waals surface area contributed by atoms with Gasteiger partial charge >= 0.3 is 0 Å². The molecule has 2 heteroatoms. The Bertz CT molecular complexity index is 9770. The van der Waals surface area contributed by atoms with E-state index in [-0.39, 0.29) is 5.41 Å². The normalized spacial score (nSPS) is 12.5. The number of pyridine rings is 2. The first kappa shape index (κ1) is 83.6. The molecule has 2 nitrogen and oxygen atoms in total. The minimum atomic E-state index is 0.0390. The van der Waals surface area contributed by atoms with E-state index in [1.165, 1.54) is 318 Å². The summed E-state index contributed by atoms with van der Waals surface area (Å²) in [4.78, 5) is 9.34. The van der Waals surface area contributed by atoms with Crippen LogP contribution >= 0.6 is 0 Å². The van der Waals surface area contributed by atoms with Gasteiger partial charge in [-0.2, -0.15) is 0 Å². The van der Waals surface area contributed by atoms with E-state index in [0.717, 1.165) is 11.0 Å². The summed E-state index contributed by atoms with van der Waals surface area (Å²) in [6.07, 6.45) is 3.71. The van der Waals surface area contributed by atoms with Crippen LogP contribution in [0, 0.1) is 41.5 Å². The third-order valence-corrected chi connectivity index (χ3v) is 32.3. The highest BCUT2D eigenvalue weighted by atomic mass is 14.7. The molecule has 0 bridgehead atoms. The number of nitrogens with zero attached hydrogens (tertiary/aromatic N) is 2. The second-order valence-corrected chi connectivity index (χ2v) is 40.5. The molecule has 0 saturated heterocycles. The summed E-state index contributed by atoms with van der Waals surface area (Å²) in [6.45, 7) is 17.9. The molecule has 143 heavy (non-hydrogen) atoms. The van der Waals surface area contributed by atoms with Crippen LogP contribution in [0.3, 0.4) is 0 Å². The SMILES string of the molecule is Cc1ccc2c(c1)C(C)(C)c1cc(-c3cccc4ccccc34)ccc1-2.Cc1ccc2c3c(cccc13)-c1c-2c2ccccc2c2ccccc12.Cc1ccc2c3c(cccc13)-c1c-2c2cccnc2c2ncccc12.Cc1ccc2c3c(cccc13)-c1cc3c4ccccc4c4ccccc4c3cc1-2.Cc1ccc2c3c(cccc13)-c1cc3ccccc3cc1-2.Cc1ccc2c3c(cccc13)-c1ccccc1-2. The van der Waals surface area contributed by atoms with Crippen molar-refractivity contribution in [2.75, 3.05) is 0 Å². The molecule has 0 amide bonds. The molecule has 0 aliphatic heterocycles. The van der Waals surface area contributed by atoms with E-state index >= 15 is 0 Å². The Hall–Kier alpha value is -17.6. The van der Waals surface area contributed by atoms with Crippen molar-refractivity contribution < 1.29 is 0 Å². The van der Waals surface area contributed by atoms with Crippen molar-refractivity contribution in [3.05, 3.63) is 482 Å². The van der Waals surface area contributed by atoms with Crippen molar-refractivity contribution in [3.8, 4) is 134 Å². The molecule has 33 rings (SSSR count). The van der Waals surface area contributed by atoms with Gasteiger partial charge in [-0.3, -0.25) is 9.97 Å². The Kier molecular flexibility index (Phi) is 18.9. The van der Waals surface area contributed by atoms with Crippen LogP contribution in [-0.2, 0) is 5.41 Å².